The second kappa shape index (κ2) is 6.91. The van der Waals surface area contributed by atoms with Crippen molar-refractivity contribution in [3.8, 4) is 11.5 Å². The number of carbonyl (C=O) groups excluding carboxylic acids is 1. The first-order valence-corrected chi connectivity index (χ1v) is 8.93. The van der Waals surface area contributed by atoms with E-state index in [2.05, 4.69) is 16.4 Å². The van der Waals surface area contributed by atoms with Gasteiger partial charge < -0.3 is 9.73 Å². The van der Waals surface area contributed by atoms with Gasteiger partial charge >= 0.3 is 0 Å². The van der Waals surface area contributed by atoms with Gasteiger partial charge in [-0.3, -0.25) is 4.79 Å². The first-order chi connectivity index (χ1) is 12.3. The van der Waals surface area contributed by atoms with Crippen molar-refractivity contribution in [3.05, 3.63) is 76.7 Å². The number of hydrogen-bond donors (Lipinski definition) is 1. The number of rotatable bonds is 5. The average molecular weight is 348 g/mol. The molecule has 0 aliphatic heterocycles. The molecular formula is C20H16N2O2S. The molecule has 0 bridgehead atoms. The lowest BCUT2D eigenvalue weighted by Gasteiger charge is -2.09. The zero-order valence-electron chi connectivity index (χ0n) is 13.4. The van der Waals surface area contributed by atoms with Crippen LogP contribution in [-0.4, -0.2) is 17.4 Å². The molecule has 1 N–H and O–H groups in total. The van der Waals surface area contributed by atoms with E-state index in [0.29, 0.717) is 23.6 Å². The number of nitrogens with zero attached hydrogens (tertiary/aromatic N) is 1. The number of carbonyl (C=O) groups is 1. The van der Waals surface area contributed by atoms with E-state index in [-0.39, 0.29) is 5.91 Å². The van der Waals surface area contributed by atoms with Gasteiger partial charge in [0.1, 0.15) is 5.69 Å². The number of fused-ring (bicyclic) bond motifs is 1. The first-order valence-electron chi connectivity index (χ1n) is 8.05. The fraction of sp³-hybridized carbons (Fsp3) is 0.100. The number of furan rings is 1. The van der Waals surface area contributed by atoms with Crippen LogP contribution in [0, 0.1) is 0 Å². The molecular weight excluding hydrogens is 332 g/mol. The predicted molar refractivity (Wildman–Crippen MR) is 99.8 cm³/mol. The lowest BCUT2D eigenvalue weighted by molar-refractivity contribution is 0.0956. The van der Waals surface area contributed by atoms with Gasteiger partial charge in [0.2, 0.25) is 0 Å². The molecule has 4 nitrogen and oxygen atoms in total. The van der Waals surface area contributed by atoms with Gasteiger partial charge in [-0.05, 0) is 42.1 Å². The van der Waals surface area contributed by atoms with Crippen molar-refractivity contribution in [2.24, 2.45) is 0 Å². The Labute approximate surface area is 149 Å². The summed E-state index contributed by atoms with van der Waals surface area (Å²) in [5.41, 5.74) is 2.05. The van der Waals surface area contributed by atoms with Crippen molar-refractivity contribution in [2.75, 3.05) is 6.54 Å². The van der Waals surface area contributed by atoms with Crippen LogP contribution >= 0.6 is 11.3 Å². The number of benzene rings is 1. The monoisotopic (exact) mass is 348 g/mol. The quantitative estimate of drug-likeness (QED) is 0.576. The summed E-state index contributed by atoms with van der Waals surface area (Å²) < 4.78 is 5.44. The minimum absolute atomic E-state index is 0.0945. The summed E-state index contributed by atoms with van der Waals surface area (Å²) in [5.74, 6) is 0.557. The van der Waals surface area contributed by atoms with E-state index in [0.717, 1.165) is 17.3 Å². The summed E-state index contributed by atoms with van der Waals surface area (Å²) in [7, 11) is 0. The number of aromatic nitrogens is 1. The highest BCUT2D eigenvalue weighted by molar-refractivity contribution is 7.09. The highest BCUT2D eigenvalue weighted by atomic mass is 32.1. The van der Waals surface area contributed by atoms with Crippen LogP contribution in [0.2, 0.25) is 0 Å². The minimum atomic E-state index is -0.0945. The molecule has 25 heavy (non-hydrogen) atoms. The van der Waals surface area contributed by atoms with E-state index >= 15 is 0 Å². The van der Waals surface area contributed by atoms with Crippen LogP contribution in [0.3, 0.4) is 0 Å². The molecule has 1 amide bonds. The maximum absolute atomic E-state index is 12.7. The first kappa shape index (κ1) is 15.6. The van der Waals surface area contributed by atoms with Gasteiger partial charge in [0.05, 0.1) is 17.3 Å². The number of nitrogens with one attached hydrogen (secondary N) is 1. The van der Waals surface area contributed by atoms with Gasteiger partial charge in [-0.25, -0.2) is 4.98 Å². The predicted octanol–water partition coefficient (Wildman–Crippen LogP) is 4.53. The minimum Gasteiger partial charge on any atom is -0.463 e. The summed E-state index contributed by atoms with van der Waals surface area (Å²) >= 11 is 1.70. The van der Waals surface area contributed by atoms with Crippen molar-refractivity contribution in [1.82, 2.24) is 10.3 Å². The molecule has 4 rings (SSSR count). The van der Waals surface area contributed by atoms with Gasteiger partial charge in [-0.1, -0.05) is 24.3 Å². The second-order valence-electron chi connectivity index (χ2n) is 5.63. The van der Waals surface area contributed by atoms with E-state index in [1.165, 1.54) is 4.88 Å². The molecule has 0 spiro atoms. The number of hydrogen-bond acceptors (Lipinski definition) is 4. The van der Waals surface area contributed by atoms with Gasteiger partial charge in [-0.2, -0.15) is 0 Å². The molecule has 0 fully saturated rings. The zero-order chi connectivity index (χ0) is 17.1. The van der Waals surface area contributed by atoms with Gasteiger partial charge in [-0.15, -0.1) is 11.3 Å². The fourth-order valence-electron chi connectivity index (χ4n) is 2.76. The molecule has 1 aromatic carbocycles. The van der Waals surface area contributed by atoms with Crippen molar-refractivity contribution in [3.63, 3.8) is 0 Å². The molecule has 0 aliphatic rings. The van der Waals surface area contributed by atoms with Gasteiger partial charge in [0.15, 0.2) is 5.76 Å². The summed E-state index contributed by atoms with van der Waals surface area (Å²) in [6.45, 7) is 0.603. The molecule has 0 saturated carbocycles. The normalized spacial score (nSPS) is 10.9. The van der Waals surface area contributed by atoms with Gasteiger partial charge in [0, 0.05) is 16.8 Å². The van der Waals surface area contributed by atoms with E-state index in [9.17, 15) is 4.79 Å². The van der Waals surface area contributed by atoms with E-state index < -0.39 is 0 Å². The van der Waals surface area contributed by atoms with Gasteiger partial charge in [0.25, 0.3) is 5.91 Å². The Bertz CT molecular complexity index is 992. The third kappa shape index (κ3) is 3.32. The topological polar surface area (TPSA) is 55.1 Å². The largest absolute Gasteiger partial charge is 0.463 e. The summed E-state index contributed by atoms with van der Waals surface area (Å²) in [6.07, 6.45) is 2.43. The maximum Gasteiger partial charge on any atom is 0.252 e. The van der Waals surface area contributed by atoms with Crippen molar-refractivity contribution in [2.45, 2.75) is 6.42 Å². The molecule has 5 heteroatoms. The Morgan fingerprint density at radius 3 is 2.84 bits per heavy atom. The number of thiophene rings is 1. The molecule has 3 aromatic heterocycles. The molecule has 0 aliphatic carbocycles. The van der Waals surface area contributed by atoms with Crippen molar-refractivity contribution < 1.29 is 9.21 Å². The second-order valence-corrected chi connectivity index (χ2v) is 6.67. The lowest BCUT2D eigenvalue weighted by Crippen LogP contribution is -2.25. The van der Waals surface area contributed by atoms with Crippen LogP contribution in [0.25, 0.3) is 22.4 Å². The molecule has 4 aromatic rings. The van der Waals surface area contributed by atoms with Crippen LogP contribution in [0.1, 0.15) is 15.2 Å². The molecule has 0 unspecified atom stereocenters. The summed E-state index contributed by atoms with van der Waals surface area (Å²) in [6, 6.07) is 17.2. The Kier molecular flexibility index (Phi) is 4.31. The third-order valence-corrected chi connectivity index (χ3v) is 4.91. The Morgan fingerprint density at radius 1 is 1.12 bits per heavy atom. The maximum atomic E-state index is 12.7. The van der Waals surface area contributed by atoms with Crippen molar-refractivity contribution >= 4 is 28.1 Å². The SMILES string of the molecule is O=C(NCCc1cccs1)c1cc(-c2ccco2)nc2ccccc12. The molecule has 3 heterocycles. The van der Waals surface area contributed by atoms with E-state index in [1.54, 1.807) is 23.7 Å². The summed E-state index contributed by atoms with van der Waals surface area (Å²) in [5, 5.41) is 5.90. The Morgan fingerprint density at radius 2 is 2.04 bits per heavy atom. The Hall–Kier alpha value is -2.92. The Balaban J connectivity index is 1.63. The third-order valence-electron chi connectivity index (χ3n) is 3.97. The molecule has 0 atom stereocenters. The lowest BCUT2D eigenvalue weighted by atomic mass is 10.1. The summed E-state index contributed by atoms with van der Waals surface area (Å²) in [4.78, 5) is 18.6. The number of amides is 1. The fourth-order valence-corrected chi connectivity index (χ4v) is 3.47. The van der Waals surface area contributed by atoms with Crippen LogP contribution in [0.4, 0.5) is 0 Å². The molecule has 0 radical (unpaired) electrons. The molecule has 0 saturated heterocycles. The average Bonchev–Trinajstić information content (AvgIpc) is 3.34. The number of pyridine rings is 1. The standard InChI is InChI=1S/C20H16N2O2S/c23-20(21-10-9-14-5-4-12-25-14)16-13-18(19-8-3-11-24-19)22-17-7-2-1-6-15(16)17/h1-8,11-13H,9-10H2,(H,21,23). The highest BCUT2D eigenvalue weighted by Gasteiger charge is 2.14. The number of para-hydroxylation sites is 1. The van der Waals surface area contributed by atoms with Crippen LogP contribution in [0.5, 0.6) is 0 Å². The van der Waals surface area contributed by atoms with Crippen LogP contribution < -0.4 is 5.32 Å². The smallest absolute Gasteiger partial charge is 0.252 e. The highest BCUT2D eigenvalue weighted by Crippen LogP contribution is 2.25. The van der Waals surface area contributed by atoms with Crippen molar-refractivity contribution in [1.29, 1.82) is 0 Å². The zero-order valence-corrected chi connectivity index (χ0v) is 14.3. The van der Waals surface area contributed by atoms with Crippen LogP contribution in [0.15, 0.2) is 70.7 Å². The van der Waals surface area contributed by atoms with E-state index in [4.69, 9.17) is 4.42 Å². The van der Waals surface area contributed by atoms with Crippen LogP contribution in [-0.2, 0) is 6.42 Å². The van der Waals surface area contributed by atoms with E-state index in [1.807, 2.05) is 47.8 Å². The molecule has 124 valence electrons.